The van der Waals surface area contributed by atoms with Gasteiger partial charge < -0.3 is 4.42 Å². The van der Waals surface area contributed by atoms with E-state index in [2.05, 4.69) is 131 Å². The van der Waals surface area contributed by atoms with Crippen molar-refractivity contribution in [2.45, 2.75) is 0 Å². The minimum absolute atomic E-state index is 0.901. The van der Waals surface area contributed by atoms with Crippen molar-refractivity contribution in [2.24, 2.45) is 0 Å². The number of hydrogen-bond acceptors (Lipinski definition) is 1. The van der Waals surface area contributed by atoms with Crippen LogP contribution in [0.2, 0.25) is 0 Å². The summed E-state index contributed by atoms with van der Waals surface area (Å²) in [4.78, 5) is 0. The van der Waals surface area contributed by atoms with Gasteiger partial charge in [0, 0.05) is 21.5 Å². The van der Waals surface area contributed by atoms with Gasteiger partial charge in [0.2, 0.25) is 0 Å². The van der Waals surface area contributed by atoms with Crippen LogP contribution in [0.4, 0.5) is 0 Å². The first-order chi connectivity index (χ1) is 18.8. The average molecular weight is 547 g/mol. The summed E-state index contributed by atoms with van der Waals surface area (Å²) in [5.74, 6) is 0. The zero-order valence-corrected chi connectivity index (χ0v) is 21.8. The Hall–Kier alpha value is -4.40. The molecule has 0 radical (unpaired) electrons. The van der Waals surface area contributed by atoms with Crippen LogP contribution in [0.15, 0.2) is 124 Å². The highest BCUT2D eigenvalue weighted by Gasteiger charge is 2.20. The highest BCUT2D eigenvalue weighted by Crippen LogP contribution is 2.47. The fraction of sp³-hybridized carbons (Fsp3) is 0. The molecule has 1 nitrogen and oxygen atoms in total. The number of hydrogen-bond donors (Lipinski definition) is 0. The topological polar surface area (TPSA) is 13.1 Å². The predicted octanol–water partition coefficient (Wildman–Crippen LogP) is 11.3. The van der Waals surface area contributed by atoms with Gasteiger partial charge >= 0.3 is 0 Å². The Bertz CT molecular complexity index is 2460. The van der Waals surface area contributed by atoms with E-state index in [1.54, 1.807) is 0 Å². The van der Waals surface area contributed by atoms with Gasteiger partial charge in [-0.25, -0.2) is 0 Å². The Morgan fingerprint density at radius 3 is 1.50 bits per heavy atom. The molecule has 0 aliphatic rings. The Morgan fingerprint density at radius 2 is 0.868 bits per heavy atom. The summed E-state index contributed by atoms with van der Waals surface area (Å²) in [5.41, 5.74) is 1.82. The van der Waals surface area contributed by atoms with E-state index in [1.165, 1.54) is 75.4 Å². The predicted molar refractivity (Wildman–Crippen MR) is 166 cm³/mol. The lowest BCUT2D eigenvalue weighted by Gasteiger charge is -2.12. The minimum Gasteiger partial charge on any atom is -0.455 e. The van der Waals surface area contributed by atoms with Gasteiger partial charge in [0.25, 0.3) is 0 Å². The second-order valence-electron chi connectivity index (χ2n) is 10.2. The van der Waals surface area contributed by atoms with Crippen molar-refractivity contribution < 1.29 is 4.42 Å². The van der Waals surface area contributed by atoms with Crippen molar-refractivity contribution in [3.05, 3.63) is 120 Å². The van der Waals surface area contributed by atoms with E-state index in [-0.39, 0.29) is 0 Å². The first-order valence-corrected chi connectivity index (χ1v) is 13.7. The standard InChI is InChI=1S/C36H19BrO/c37-28-19-25-16-15-23-12-10-21-6-2-4-8-27(21)31(23)33(25)35-34-29(38-36(28)35)18-17-24-14-13-22-11-9-20-5-1-3-7-26(20)30(22)32(24)34/h1-19H. The zero-order valence-electron chi connectivity index (χ0n) is 20.3. The Morgan fingerprint density at radius 1 is 0.395 bits per heavy atom. The molecule has 0 amide bonds. The monoisotopic (exact) mass is 546 g/mol. The average Bonchev–Trinajstić information content (AvgIpc) is 3.37. The van der Waals surface area contributed by atoms with Gasteiger partial charge in [0.1, 0.15) is 11.2 Å². The smallest absolute Gasteiger partial charge is 0.150 e. The molecule has 1 heterocycles. The third kappa shape index (κ3) is 2.60. The summed E-state index contributed by atoms with van der Waals surface area (Å²) < 4.78 is 7.66. The summed E-state index contributed by atoms with van der Waals surface area (Å²) in [6.07, 6.45) is 0. The molecular weight excluding hydrogens is 528 g/mol. The van der Waals surface area contributed by atoms with Crippen LogP contribution in [-0.2, 0) is 0 Å². The Balaban J connectivity index is 1.67. The van der Waals surface area contributed by atoms with Crippen molar-refractivity contribution in [3.63, 3.8) is 0 Å². The summed E-state index contributed by atoms with van der Waals surface area (Å²) >= 11 is 3.87. The van der Waals surface area contributed by atoms with E-state index in [0.29, 0.717) is 0 Å². The lowest BCUT2D eigenvalue weighted by atomic mass is 9.90. The van der Waals surface area contributed by atoms with E-state index in [4.69, 9.17) is 4.42 Å². The Labute approximate surface area is 226 Å². The van der Waals surface area contributed by atoms with Crippen molar-refractivity contribution in [2.75, 3.05) is 0 Å². The van der Waals surface area contributed by atoms with Crippen molar-refractivity contribution in [3.8, 4) is 0 Å². The number of benzene rings is 8. The highest BCUT2D eigenvalue weighted by atomic mass is 79.9. The van der Waals surface area contributed by atoms with Gasteiger partial charge in [-0.2, -0.15) is 0 Å². The molecule has 0 fully saturated rings. The van der Waals surface area contributed by atoms with Crippen molar-refractivity contribution >= 4 is 103 Å². The summed E-state index contributed by atoms with van der Waals surface area (Å²) in [6.45, 7) is 0. The van der Waals surface area contributed by atoms with Crippen LogP contribution in [0.25, 0.3) is 86.6 Å². The second-order valence-corrected chi connectivity index (χ2v) is 11.1. The normalized spacial score (nSPS) is 12.3. The van der Waals surface area contributed by atoms with E-state index >= 15 is 0 Å². The third-order valence-electron chi connectivity index (χ3n) is 8.23. The van der Waals surface area contributed by atoms with Crippen LogP contribution < -0.4 is 0 Å². The molecule has 0 N–H and O–H groups in total. The second kappa shape index (κ2) is 7.34. The number of furan rings is 1. The largest absolute Gasteiger partial charge is 0.455 e. The number of rotatable bonds is 0. The molecule has 9 aromatic rings. The summed E-state index contributed by atoms with van der Waals surface area (Å²) in [7, 11) is 0. The van der Waals surface area contributed by atoms with Crippen molar-refractivity contribution in [1.82, 2.24) is 0 Å². The lowest BCUT2D eigenvalue weighted by molar-refractivity contribution is 0.667. The van der Waals surface area contributed by atoms with Gasteiger partial charge in [-0.3, -0.25) is 0 Å². The van der Waals surface area contributed by atoms with E-state index in [1.807, 2.05) is 0 Å². The number of halogens is 1. The maximum absolute atomic E-state index is 6.67. The zero-order chi connectivity index (χ0) is 25.0. The molecule has 2 heteroatoms. The fourth-order valence-electron chi connectivity index (χ4n) is 6.61. The highest BCUT2D eigenvalue weighted by molar-refractivity contribution is 9.10. The first kappa shape index (κ1) is 20.6. The van der Waals surface area contributed by atoms with Crippen LogP contribution >= 0.6 is 15.9 Å². The van der Waals surface area contributed by atoms with Gasteiger partial charge in [0.05, 0.1) is 4.47 Å². The Kier molecular flexibility index (Phi) is 3.99. The molecule has 1 aromatic heterocycles. The van der Waals surface area contributed by atoms with Crippen molar-refractivity contribution in [1.29, 1.82) is 0 Å². The van der Waals surface area contributed by atoms with Crippen LogP contribution in [0.5, 0.6) is 0 Å². The van der Waals surface area contributed by atoms with Gasteiger partial charge in [-0.15, -0.1) is 0 Å². The molecule has 0 aliphatic carbocycles. The molecule has 0 spiro atoms. The molecule has 0 saturated carbocycles. The maximum Gasteiger partial charge on any atom is 0.150 e. The molecule has 0 bridgehead atoms. The molecule has 38 heavy (non-hydrogen) atoms. The molecule has 0 unspecified atom stereocenters. The third-order valence-corrected chi connectivity index (χ3v) is 8.82. The SMILES string of the molecule is Brc1cc2ccc3ccc4ccccc4c3c2c2c1oc1ccc3ccc4ccc5ccccc5c4c3c12. The minimum atomic E-state index is 0.901. The number of fused-ring (bicyclic) bond motifs is 15. The summed E-state index contributed by atoms with van der Waals surface area (Å²) in [6, 6.07) is 41.9. The van der Waals surface area contributed by atoms with E-state index in [0.717, 1.165) is 15.6 Å². The quantitative estimate of drug-likeness (QED) is 0.172. The van der Waals surface area contributed by atoms with Crippen LogP contribution in [-0.4, -0.2) is 0 Å². The lowest BCUT2D eigenvalue weighted by Crippen LogP contribution is -1.85. The molecular formula is C36H19BrO. The molecule has 0 atom stereocenters. The molecule has 8 aromatic carbocycles. The molecule has 0 saturated heterocycles. The van der Waals surface area contributed by atoms with Gasteiger partial charge in [0.15, 0.2) is 0 Å². The van der Waals surface area contributed by atoms with Crippen LogP contribution in [0.3, 0.4) is 0 Å². The van der Waals surface area contributed by atoms with Crippen LogP contribution in [0, 0.1) is 0 Å². The fourth-order valence-corrected chi connectivity index (χ4v) is 7.14. The van der Waals surface area contributed by atoms with Gasteiger partial charge in [-0.05, 0) is 81.9 Å². The van der Waals surface area contributed by atoms with Crippen LogP contribution in [0.1, 0.15) is 0 Å². The van der Waals surface area contributed by atoms with Gasteiger partial charge in [-0.1, -0.05) is 103 Å². The maximum atomic E-state index is 6.67. The summed E-state index contributed by atoms with van der Waals surface area (Å²) in [5, 5.41) is 17.4. The molecule has 9 rings (SSSR count). The van der Waals surface area contributed by atoms with E-state index in [9.17, 15) is 0 Å². The molecule has 0 aliphatic heterocycles. The molecule has 176 valence electrons. The van der Waals surface area contributed by atoms with E-state index < -0.39 is 0 Å². The first-order valence-electron chi connectivity index (χ1n) is 12.9.